The number of amides is 1. The van der Waals surface area contributed by atoms with Crippen LogP contribution in [0.5, 0.6) is 0 Å². The zero-order chi connectivity index (χ0) is 24.6. The molecule has 0 spiro atoms. The van der Waals surface area contributed by atoms with Crippen molar-refractivity contribution in [2.75, 3.05) is 13.1 Å². The second-order valence-corrected chi connectivity index (χ2v) is 8.34. The first-order chi connectivity index (χ1) is 16.6. The Kier molecular flexibility index (Phi) is 12.6. The molecule has 184 valence electrons. The van der Waals surface area contributed by atoms with E-state index in [9.17, 15) is 4.79 Å². The third-order valence-electron chi connectivity index (χ3n) is 5.58. The maximum Gasteiger partial charge on any atom is 0.268 e. The Bertz CT molecular complexity index is 882. The van der Waals surface area contributed by atoms with E-state index >= 15 is 0 Å². The second-order valence-electron chi connectivity index (χ2n) is 8.34. The van der Waals surface area contributed by atoms with Crippen LogP contribution in [0.15, 0.2) is 84.3 Å². The summed E-state index contributed by atoms with van der Waals surface area (Å²) in [5.74, 6) is 1.26. The molecule has 0 aromatic heterocycles. The Balaban J connectivity index is 2.30. The molecule has 0 aliphatic heterocycles. The minimum atomic E-state index is -0.719. The van der Waals surface area contributed by atoms with E-state index in [1.807, 2.05) is 84.6 Å². The lowest BCUT2D eigenvalue weighted by Crippen LogP contribution is -2.37. The lowest BCUT2D eigenvalue weighted by atomic mass is 10.1. The molecule has 0 aliphatic rings. The summed E-state index contributed by atoms with van der Waals surface area (Å²) in [5.41, 5.74) is 1.93. The average molecular weight is 464 g/mol. The molecule has 4 heteroatoms. The topological polar surface area (TPSA) is 38.8 Å². The molecular formula is C30H41NO3. The van der Waals surface area contributed by atoms with Crippen molar-refractivity contribution in [3.05, 3.63) is 95.5 Å². The van der Waals surface area contributed by atoms with Crippen molar-refractivity contribution in [1.29, 1.82) is 0 Å². The summed E-state index contributed by atoms with van der Waals surface area (Å²) in [5, 5.41) is 0. The van der Waals surface area contributed by atoms with Crippen LogP contribution >= 0.6 is 0 Å². The quantitative estimate of drug-likeness (QED) is 0.202. The van der Waals surface area contributed by atoms with Crippen LogP contribution in [0.4, 0.5) is 0 Å². The molecule has 1 atom stereocenters. The largest absolute Gasteiger partial charge is 0.485 e. The normalized spacial score (nSPS) is 12.8. The average Bonchev–Trinajstić information content (AvgIpc) is 2.88. The van der Waals surface area contributed by atoms with Crippen molar-refractivity contribution in [2.45, 2.75) is 72.5 Å². The van der Waals surface area contributed by atoms with Gasteiger partial charge in [0.2, 0.25) is 6.10 Å². The van der Waals surface area contributed by atoms with Gasteiger partial charge < -0.3 is 14.4 Å². The Morgan fingerprint density at radius 2 is 1.47 bits per heavy atom. The van der Waals surface area contributed by atoms with Gasteiger partial charge in [-0.2, -0.15) is 0 Å². The Labute approximate surface area is 206 Å². The molecule has 0 saturated carbocycles. The number of unbranched alkanes of at least 4 members (excludes halogenated alkanes) is 2. The standard InChI is InChI=1S/C30H41NO3/c1-5-9-22-31(23-10-6-2)30(32)29(26-20-15-12-16-21-26)34-28(17-7-3)27(8-4)33-24-25-18-13-11-14-19-25/h8,11-21,29H,5-7,9-10,22-24H2,1-4H3/b27-8+,28-17+. The number of benzene rings is 2. The van der Waals surface area contributed by atoms with Crippen LogP contribution in [0.3, 0.4) is 0 Å². The van der Waals surface area contributed by atoms with E-state index in [0.717, 1.165) is 56.3 Å². The van der Waals surface area contributed by atoms with Gasteiger partial charge >= 0.3 is 0 Å². The number of hydrogen-bond acceptors (Lipinski definition) is 3. The van der Waals surface area contributed by atoms with Gasteiger partial charge in [-0.3, -0.25) is 4.79 Å². The van der Waals surface area contributed by atoms with Crippen LogP contribution in [0.2, 0.25) is 0 Å². The number of nitrogens with zero attached hydrogens (tertiary/aromatic N) is 1. The molecule has 0 N–H and O–H groups in total. The molecule has 0 aliphatic carbocycles. The molecule has 4 nitrogen and oxygen atoms in total. The molecule has 2 aromatic rings. The third-order valence-corrected chi connectivity index (χ3v) is 5.58. The van der Waals surface area contributed by atoms with Crippen LogP contribution in [0, 0.1) is 0 Å². The number of carbonyl (C=O) groups is 1. The third kappa shape index (κ3) is 8.74. The zero-order valence-corrected chi connectivity index (χ0v) is 21.3. The summed E-state index contributed by atoms with van der Waals surface area (Å²) >= 11 is 0. The fourth-order valence-corrected chi connectivity index (χ4v) is 3.64. The van der Waals surface area contributed by atoms with Gasteiger partial charge in [-0.15, -0.1) is 0 Å². The summed E-state index contributed by atoms with van der Waals surface area (Å²) < 4.78 is 12.6. The number of hydrogen-bond donors (Lipinski definition) is 0. The SMILES string of the molecule is C/C=C(OCc1ccccc1)\C(=C/CC)OC(C(=O)N(CCCC)CCCC)c1ccccc1. The molecule has 1 unspecified atom stereocenters. The van der Waals surface area contributed by atoms with Crippen LogP contribution < -0.4 is 0 Å². The lowest BCUT2D eigenvalue weighted by Gasteiger charge is -2.29. The van der Waals surface area contributed by atoms with Crippen LogP contribution in [-0.2, 0) is 20.9 Å². The highest BCUT2D eigenvalue weighted by Crippen LogP contribution is 2.28. The van der Waals surface area contributed by atoms with Gasteiger partial charge in [0.15, 0.2) is 11.5 Å². The van der Waals surface area contributed by atoms with E-state index < -0.39 is 6.10 Å². The highest BCUT2D eigenvalue weighted by atomic mass is 16.5. The summed E-state index contributed by atoms with van der Waals surface area (Å²) in [6.45, 7) is 10.2. The fourth-order valence-electron chi connectivity index (χ4n) is 3.64. The highest BCUT2D eigenvalue weighted by molar-refractivity contribution is 5.82. The van der Waals surface area contributed by atoms with Crippen LogP contribution in [0.25, 0.3) is 0 Å². The second kappa shape index (κ2) is 15.8. The maximum atomic E-state index is 13.8. The molecule has 1 amide bonds. The van der Waals surface area contributed by atoms with Crippen molar-refractivity contribution in [1.82, 2.24) is 4.90 Å². The summed E-state index contributed by atoms with van der Waals surface area (Å²) in [4.78, 5) is 15.8. The van der Waals surface area contributed by atoms with E-state index in [0.29, 0.717) is 18.1 Å². The number of ether oxygens (including phenoxy) is 2. The molecule has 2 aromatic carbocycles. The molecule has 0 fully saturated rings. The lowest BCUT2D eigenvalue weighted by molar-refractivity contribution is -0.142. The Morgan fingerprint density at radius 3 is 2.00 bits per heavy atom. The van der Waals surface area contributed by atoms with E-state index in [-0.39, 0.29) is 5.91 Å². The highest BCUT2D eigenvalue weighted by Gasteiger charge is 2.29. The first kappa shape index (κ1) is 27.2. The summed E-state index contributed by atoms with van der Waals surface area (Å²) in [6.07, 6.45) is 8.00. The predicted molar refractivity (Wildman–Crippen MR) is 140 cm³/mol. The minimum Gasteiger partial charge on any atom is -0.485 e. The Morgan fingerprint density at radius 1 is 0.882 bits per heavy atom. The van der Waals surface area contributed by atoms with Gasteiger partial charge in [-0.1, -0.05) is 94.3 Å². The fraction of sp³-hybridized carbons (Fsp3) is 0.433. The van der Waals surface area contributed by atoms with Crippen molar-refractivity contribution in [2.24, 2.45) is 0 Å². The van der Waals surface area contributed by atoms with Crippen LogP contribution in [-0.4, -0.2) is 23.9 Å². The minimum absolute atomic E-state index is 0.00798. The smallest absolute Gasteiger partial charge is 0.268 e. The van der Waals surface area contributed by atoms with Gasteiger partial charge in [0.05, 0.1) is 0 Å². The molecule has 0 heterocycles. The van der Waals surface area contributed by atoms with E-state index in [1.54, 1.807) is 0 Å². The van der Waals surface area contributed by atoms with Gasteiger partial charge in [0.1, 0.15) is 6.61 Å². The van der Waals surface area contributed by atoms with Gasteiger partial charge in [-0.25, -0.2) is 0 Å². The molecular weight excluding hydrogens is 422 g/mol. The van der Waals surface area contributed by atoms with Crippen molar-refractivity contribution in [3.8, 4) is 0 Å². The van der Waals surface area contributed by atoms with E-state index in [2.05, 4.69) is 20.8 Å². The molecule has 0 radical (unpaired) electrons. The summed E-state index contributed by atoms with van der Waals surface area (Å²) in [7, 11) is 0. The van der Waals surface area contributed by atoms with E-state index in [4.69, 9.17) is 9.47 Å². The van der Waals surface area contributed by atoms with Crippen LogP contribution in [0.1, 0.15) is 77.0 Å². The molecule has 34 heavy (non-hydrogen) atoms. The van der Waals surface area contributed by atoms with Crippen molar-refractivity contribution < 1.29 is 14.3 Å². The maximum absolute atomic E-state index is 13.8. The molecule has 0 saturated heterocycles. The first-order valence-electron chi connectivity index (χ1n) is 12.7. The molecule has 0 bridgehead atoms. The number of carbonyl (C=O) groups excluding carboxylic acids is 1. The Hall–Kier alpha value is -3.01. The van der Waals surface area contributed by atoms with Crippen molar-refractivity contribution in [3.63, 3.8) is 0 Å². The zero-order valence-electron chi connectivity index (χ0n) is 21.3. The van der Waals surface area contributed by atoms with Gasteiger partial charge in [0, 0.05) is 18.7 Å². The first-order valence-corrected chi connectivity index (χ1v) is 12.7. The van der Waals surface area contributed by atoms with Gasteiger partial charge in [-0.05, 0) is 43.9 Å². The summed E-state index contributed by atoms with van der Waals surface area (Å²) in [6, 6.07) is 19.8. The monoisotopic (exact) mass is 463 g/mol. The van der Waals surface area contributed by atoms with Crippen molar-refractivity contribution >= 4 is 5.91 Å². The number of rotatable bonds is 15. The predicted octanol–water partition coefficient (Wildman–Crippen LogP) is 7.59. The van der Waals surface area contributed by atoms with E-state index in [1.165, 1.54) is 0 Å². The number of allylic oxidation sites excluding steroid dienone is 2. The van der Waals surface area contributed by atoms with Gasteiger partial charge in [0.25, 0.3) is 5.91 Å². The molecule has 2 rings (SSSR count).